The molecule has 1 aliphatic rings. The fraction of sp³-hybridized carbons (Fsp3) is 0.462. The van der Waals surface area contributed by atoms with Crippen LogP contribution in [0.25, 0.3) is 0 Å². The summed E-state index contributed by atoms with van der Waals surface area (Å²) in [6.07, 6.45) is 3.10. The molecule has 0 radical (unpaired) electrons. The summed E-state index contributed by atoms with van der Waals surface area (Å²) in [6.45, 7) is 1.28. The average molecular weight is 236 g/mol. The number of halogens is 1. The summed E-state index contributed by atoms with van der Waals surface area (Å²) in [6, 6.07) is 6.20. The number of carbonyl (C=O) groups excluding carboxylic acids is 1. The van der Waals surface area contributed by atoms with Gasteiger partial charge in [-0.05, 0) is 37.1 Å². The summed E-state index contributed by atoms with van der Waals surface area (Å²) >= 11 is 0. The van der Waals surface area contributed by atoms with E-state index in [2.05, 4.69) is 10.6 Å². The van der Waals surface area contributed by atoms with Crippen LogP contribution < -0.4 is 10.6 Å². The molecule has 0 aromatic heterocycles. The van der Waals surface area contributed by atoms with Crippen LogP contribution in [0.5, 0.6) is 0 Å². The zero-order valence-electron chi connectivity index (χ0n) is 9.71. The van der Waals surface area contributed by atoms with Crippen LogP contribution in [0.4, 0.5) is 4.39 Å². The average Bonchev–Trinajstić information content (AvgIpc) is 2.37. The Hall–Kier alpha value is -1.42. The first-order chi connectivity index (χ1) is 8.25. The van der Waals surface area contributed by atoms with E-state index in [9.17, 15) is 9.18 Å². The number of rotatable bonds is 3. The van der Waals surface area contributed by atoms with Crippen molar-refractivity contribution < 1.29 is 9.18 Å². The molecule has 0 spiro atoms. The van der Waals surface area contributed by atoms with Crippen LogP contribution >= 0.6 is 0 Å². The molecular formula is C13H17FN2O. The van der Waals surface area contributed by atoms with E-state index in [0.717, 1.165) is 31.4 Å². The third-order valence-corrected chi connectivity index (χ3v) is 2.98. The molecule has 92 valence electrons. The van der Waals surface area contributed by atoms with Crippen LogP contribution in [0.2, 0.25) is 0 Å². The Morgan fingerprint density at radius 2 is 2.35 bits per heavy atom. The Morgan fingerprint density at radius 1 is 1.47 bits per heavy atom. The van der Waals surface area contributed by atoms with E-state index in [-0.39, 0.29) is 17.8 Å². The van der Waals surface area contributed by atoms with Crippen molar-refractivity contribution in [2.45, 2.75) is 31.8 Å². The third kappa shape index (κ3) is 3.53. The van der Waals surface area contributed by atoms with Gasteiger partial charge in [0.2, 0.25) is 5.91 Å². The molecule has 17 heavy (non-hydrogen) atoms. The van der Waals surface area contributed by atoms with Gasteiger partial charge < -0.3 is 10.6 Å². The summed E-state index contributed by atoms with van der Waals surface area (Å²) < 4.78 is 12.9. The number of nitrogens with one attached hydrogen (secondary N) is 2. The Labute approximate surface area is 100 Å². The SMILES string of the molecule is O=C(NCc1cccc(F)c1)C1CCCCN1. The molecule has 0 bridgehead atoms. The molecule has 1 unspecified atom stereocenters. The molecule has 1 aliphatic heterocycles. The molecule has 1 fully saturated rings. The quantitative estimate of drug-likeness (QED) is 0.836. The van der Waals surface area contributed by atoms with Gasteiger partial charge in [0.05, 0.1) is 6.04 Å². The molecule has 0 saturated carbocycles. The smallest absolute Gasteiger partial charge is 0.237 e. The summed E-state index contributed by atoms with van der Waals surface area (Å²) in [5, 5.41) is 6.01. The molecule has 0 aliphatic carbocycles. The second kappa shape index (κ2) is 5.77. The molecule has 1 aromatic carbocycles. The van der Waals surface area contributed by atoms with E-state index in [1.807, 2.05) is 0 Å². The number of carbonyl (C=O) groups is 1. The fourth-order valence-electron chi connectivity index (χ4n) is 2.03. The fourth-order valence-corrected chi connectivity index (χ4v) is 2.03. The summed E-state index contributed by atoms with van der Waals surface area (Å²) in [5.74, 6) is -0.262. The minimum atomic E-state index is -0.271. The number of piperidine rings is 1. The first-order valence-electron chi connectivity index (χ1n) is 6.01. The van der Waals surface area contributed by atoms with Gasteiger partial charge in [-0.2, -0.15) is 0 Å². The van der Waals surface area contributed by atoms with Gasteiger partial charge >= 0.3 is 0 Å². The van der Waals surface area contributed by atoms with Gasteiger partial charge in [-0.25, -0.2) is 4.39 Å². The standard InChI is InChI=1S/C13H17FN2O/c14-11-5-3-4-10(8-11)9-16-13(17)12-6-1-2-7-15-12/h3-5,8,12,15H,1-2,6-7,9H2,(H,16,17). The van der Waals surface area contributed by atoms with Crippen LogP contribution in [0.1, 0.15) is 24.8 Å². The van der Waals surface area contributed by atoms with Crippen LogP contribution in [0, 0.1) is 5.82 Å². The van der Waals surface area contributed by atoms with Gasteiger partial charge in [0.15, 0.2) is 0 Å². The Balaban J connectivity index is 1.83. The second-order valence-electron chi connectivity index (χ2n) is 4.35. The van der Waals surface area contributed by atoms with Gasteiger partial charge in [0.1, 0.15) is 5.82 Å². The van der Waals surface area contributed by atoms with Crippen molar-refractivity contribution in [1.82, 2.24) is 10.6 Å². The lowest BCUT2D eigenvalue weighted by Crippen LogP contribution is -2.46. The van der Waals surface area contributed by atoms with Gasteiger partial charge in [-0.15, -0.1) is 0 Å². The zero-order valence-corrected chi connectivity index (χ0v) is 9.71. The highest BCUT2D eigenvalue weighted by Crippen LogP contribution is 2.07. The summed E-state index contributed by atoms with van der Waals surface area (Å²) in [5.41, 5.74) is 0.786. The van der Waals surface area contributed by atoms with Crippen LogP contribution in [0.3, 0.4) is 0 Å². The van der Waals surface area contributed by atoms with Gasteiger partial charge in [-0.1, -0.05) is 18.6 Å². The van der Waals surface area contributed by atoms with E-state index >= 15 is 0 Å². The topological polar surface area (TPSA) is 41.1 Å². The van der Waals surface area contributed by atoms with Crippen LogP contribution in [-0.4, -0.2) is 18.5 Å². The van der Waals surface area contributed by atoms with Crippen molar-refractivity contribution in [3.05, 3.63) is 35.6 Å². The lowest BCUT2D eigenvalue weighted by atomic mass is 10.0. The molecule has 1 amide bonds. The highest BCUT2D eigenvalue weighted by molar-refractivity contribution is 5.81. The first kappa shape index (κ1) is 12.0. The number of benzene rings is 1. The van der Waals surface area contributed by atoms with E-state index in [1.165, 1.54) is 12.1 Å². The minimum absolute atomic E-state index is 0.00830. The van der Waals surface area contributed by atoms with Crippen LogP contribution in [-0.2, 0) is 11.3 Å². The van der Waals surface area contributed by atoms with E-state index in [4.69, 9.17) is 0 Å². The van der Waals surface area contributed by atoms with Gasteiger partial charge in [0, 0.05) is 6.54 Å². The lowest BCUT2D eigenvalue weighted by Gasteiger charge is -2.22. The largest absolute Gasteiger partial charge is 0.351 e. The third-order valence-electron chi connectivity index (χ3n) is 2.98. The molecule has 2 rings (SSSR count). The molecule has 1 atom stereocenters. The van der Waals surface area contributed by atoms with Crippen molar-refractivity contribution in [2.24, 2.45) is 0 Å². The molecule has 4 heteroatoms. The highest BCUT2D eigenvalue weighted by Gasteiger charge is 2.19. The van der Waals surface area contributed by atoms with Crippen molar-refractivity contribution >= 4 is 5.91 Å². The van der Waals surface area contributed by atoms with Crippen molar-refractivity contribution in [3.63, 3.8) is 0 Å². The number of hydrogen-bond acceptors (Lipinski definition) is 2. The van der Waals surface area contributed by atoms with E-state index in [0.29, 0.717) is 6.54 Å². The maximum absolute atomic E-state index is 12.9. The van der Waals surface area contributed by atoms with Crippen molar-refractivity contribution in [2.75, 3.05) is 6.54 Å². The monoisotopic (exact) mass is 236 g/mol. The predicted octanol–water partition coefficient (Wildman–Crippen LogP) is 1.58. The Kier molecular flexibility index (Phi) is 4.09. The predicted molar refractivity (Wildman–Crippen MR) is 63.9 cm³/mol. The van der Waals surface area contributed by atoms with Gasteiger partial charge in [-0.3, -0.25) is 4.79 Å². The molecule has 1 aromatic rings. The number of hydrogen-bond donors (Lipinski definition) is 2. The maximum Gasteiger partial charge on any atom is 0.237 e. The maximum atomic E-state index is 12.9. The molecule has 1 saturated heterocycles. The zero-order chi connectivity index (χ0) is 12.1. The first-order valence-corrected chi connectivity index (χ1v) is 6.01. The van der Waals surface area contributed by atoms with Crippen LogP contribution in [0.15, 0.2) is 24.3 Å². The number of amides is 1. The molecule has 2 N–H and O–H groups in total. The Morgan fingerprint density at radius 3 is 3.06 bits per heavy atom. The summed E-state index contributed by atoms with van der Waals surface area (Å²) in [7, 11) is 0. The highest BCUT2D eigenvalue weighted by atomic mass is 19.1. The van der Waals surface area contributed by atoms with Gasteiger partial charge in [0.25, 0.3) is 0 Å². The Bertz CT molecular complexity index is 389. The molecule has 3 nitrogen and oxygen atoms in total. The van der Waals surface area contributed by atoms with E-state index < -0.39 is 0 Å². The minimum Gasteiger partial charge on any atom is -0.351 e. The normalized spacial score (nSPS) is 19.9. The van der Waals surface area contributed by atoms with E-state index in [1.54, 1.807) is 12.1 Å². The summed E-state index contributed by atoms with van der Waals surface area (Å²) in [4.78, 5) is 11.8. The van der Waals surface area contributed by atoms with Crippen molar-refractivity contribution in [3.8, 4) is 0 Å². The van der Waals surface area contributed by atoms with Crippen molar-refractivity contribution in [1.29, 1.82) is 0 Å². The molecule has 1 heterocycles. The lowest BCUT2D eigenvalue weighted by molar-refractivity contribution is -0.123. The second-order valence-corrected chi connectivity index (χ2v) is 4.35. The molecular weight excluding hydrogens is 219 g/mol.